The molecule has 13 aromatic carbocycles. The second-order valence-corrected chi connectivity index (χ2v) is 27.5. The van der Waals surface area contributed by atoms with E-state index in [1.165, 1.54) is 11.1 Å². The molecule has 0 unspecified atom stereocenters. The molecule has 0 radical (unpaired) electrons. The highest BCUT2D eigenvalue weighted by Crippen LogP contribution is 2.33. The van der Waals surface area contributed by atoms with Crippen molar-refractivity contribution in [2.24, 2.45) is 0 Å². The summed E-state index contributed by atoms with van der Waals surface area (Å²) in [6.45, 7) is 0. The normalized spacial score (nSPS) is 10.7. The van der Waals surface area contributed by atoms with Crippen molar-refractivity contribution in [1.82, 2.24) is 74.8 Å². The Kier molecular flexibility index (Phi) is 23.8. The molecule has 0 fully saturated rings. The van der Waals surface area contributed by atoms with Crippen molar-refractivity contribution in [2.75, 3.05) is 0 Å². The van der Waals surface area contributed by atoms with Crippen LogP contribution in [-0.4, -0.2) is 74.8 Å². The molecule has 0 saturated heterocycles. The minimum atomic E-state index is 0.648. The van der Waals surface area contributed by atoms with Crippen LogP contribution in [0, 0.1) is 0 Å². The van der Waals surface area contributed by atoms with Gasteiger partial charge in [-0.1, -0.05) is 382 Å². The van der Waals surface area contributed by atoms with Crippen molar-refractivity contribution >= 4 is 0 Å². The van der Waals surface area contributed by atoms with Crippen molar-refractivity contribution in [1.29, 1.82) is 0 Å². The number of hydrogen-bond acceptors (Lipinski definition) is 15. The van der Waals surface area contributed by atoms with Gasteiger partial charge in [-0.25, -0.2) is 59.8 Å². The fourth-order valence-corrected chi connectivity index (χ4v) is 13.2. The first-order chi connectivity index (χ1) is 59.5. The zero-order chi connectivity index (χ0) is 80.7. The molecule has 15 nitrogen and oxygen atoms in total. The summed E-state index contributed by atoms with van der Waals surface area (Å²) in [5, 5.41) is 0. The van der Waals surface area contributed by atoms with Crippen LogP contribution in [0.2, 0.25) is 0 Å². The van der Waals surface area contributed by atoms with Crippen molar-refractivity contribution in [2.45, 2.75) is 0 Å². The van der Waals surface area contributed by atoms with Gasteiger partial charge in [0.15, 0.2) is 69.9 Å². The van der Waals surface area contributed by atoms with Gasteiger partial charge in [0.25, 0.3) is 0 Å². The molecule has 0 aliphatic rings. The van der Waals surface area contributed by atoms with E-state index in [0.717, 1.165) is 100 Å². The number of benzene rings is 13. The molecule has 0 spiro atoms. The average molecular weight is 1540 g/mol. The lowest BCUT2D eigenvalue weighted by molar-refractivity contribution is 1.07. The summed E-state index contributed by atoms with van der Waals surface area (Å²) in [6.07, 6.45) is 9.03. The molecule has 20 aromatic rings. The Hall–Kier alpha value is -16.7. The van der Waals surface area contributed by atoms with Crippen LogP contribution >= 0.6 is 0 Å². The summed E-state index contributed by atoms with van der Waals surface area (Å²) in [5.74, 6) is 7.95. The summed E-state index contributed by atoms with van der Waals surface area (Å²) in [4.78, 5) is 69.8. The van der Waals surface area contributed by atoms with Gasteiger partial charge in [0.1, 0.15) is 0 Å². The maximum atomic E-state index is 4.78. The lowest BCUT2D eigenvalue weighted by Crippen LogP contribution is -2.00. The van der Waals surface area contributed by atoms with Gasteiger partial charge in [0.05, 0.1) is 5.69 Å². The van der Waals surface area contributed by atoms with Gasteiger partial charge in [-0.2, -0.15) is 0 Å². The minimum Gasteiger partial charge on any atom is -0.265 e. The van der Waals surface area contributed by atoms with Gasteiger partial charge in [-0.3, -0.25) is 15.0 Å². The van der Waals surface area contributed by atoms with E-state index in [1.807, 2.05) is 346 Å². The van der Waals surface area contributed by atoms with Crippen molar-refractivity contribution in [3.63, 3.8) is 0 Å². The third kappa shape index (κ3) is 19.1. The van der Waals surface area contributed by atoms with E-state index in [4.69, 9.17) is 59.8 Å². The highest BCUT2D eigenvalue weighted by molar-refractivity contribution is 5.76. The molecule has 7 heterocycles. The quantitative estimate of drug-likeness (QED) is 0.0886. The fraction of sp³-hybridized carbons (Fsp3) is 0. The SMILES string of the molecule is c1ccc(-c2ccc(-c3nc(-c4ccccc4)nc(-c4ccccc4)n3)cc2)cc1.c1ccc(-c2nc(-c3ccccc3)nc(-c3ccc(-c4ccccn4)cc3)n2)cc1.c1ccc(-c2nc(-c3ccccc3)nc(-c3ccc(-c4cccnc4)cc3)n2)cc1.c1ccc(-c2nc(-c3ccccc3)nc(-c3ccc(-c4ccncc4)cc3)n2)cc1. The molecule has 0 N–H and O–H groups in total. The Labute approximate surface area is 695 Å². The predicted molar refractivity (Wildman–Crippen MR) is 480 cm³/mol. The molecule has 0 saturated carbocycles. The molecule has 568 valence electrons. The number of aromatic nitrogens is 15. The highest BCUT2D eigenvalue weighted by Gasteiger charge is 2.18. The topological polar surface area (TPSA) is 193 Å². The van der Waals surface area contributed by atoms with Crippen LogP contribution < -0.4 is 0 Å². The Bertz CT molecular complexity index is 5600. The lowest BCUT2D eigenvalue weighted by atomic mass is 10.0. The molecule has 120 heavy (non-hydrogen) atoms. The summed E-state index contributed by atoms with van der Waals surface area (Å²) < 4.78 is 0. The van der Waals surface area contributed by atoms with Gasteiger partial charge < -0.3 is 0 Å². The zero-order valence-electron chi connectivity index (χ0n) is 64.9. The number of rotatable bonds is 16. The van der Waals surface area contributed by atoms with Crippen LogP contribution in [0.3, 0.4) is 0 Å². The average Bonchev–Trinajstić information content (AvgIpc) is 0.809. The Morgan fingerprint density at radius 1 is 0.108 bits per heavy atom. The van der Waals surface area contributed by atoms with E-state index < -0.39 is 0 Å². The van der Waals surface area contributed by atoms with Crippen LogP contribution in [-0.2, 0) is 0 Å². The maximum Gasteiger partial charge on any atom is 0.164 e. The molecule has 0 amide bonds. The molecule has 15 heteroatoms. The van der Waals surface area contributed by atoms with E-state index in [1.54, 1.807) is 24.8 Å². The fourth-order valence-electron chi connectivity index (χ4n) is 13.2. The first kappa shape index (κ1) is 76.0. The molecule has 0 bridgehead atoms. The highest BCUT2D eigenvalue weighted by atomic mass is 15.1. The summed E-state index contributed by atoms with van der Waals surface area (Å²) in [7, 11) is 0. The largest absolute Gasteiger partial charge is 0.265 e. The molecule has 0 aliphatic carbocycles. The van der Waals surface area contributed by atoms with E-state index in [0.29, 0.717) is 69.9 Å². The molecule has 7 aromatic heterocycles. The van der Waals surface area contributed by atoms with Gasteiger partial charge in [0.2, 0.25) is 0 Å². The van der Waals surface area contributed by atoms with Crippen molar-refractivity contribution < 1.29 is 0 Å². The number of hydrogen-bond donors (Lipinski definition) is 0. The van der Waals surface area contributed by atoms with Gasteiger partial charge in [0, 0.05) is 103 Å². The first-order valence-electron chi connectivity index (χ1n) is 39.1. The van der Waals surface area contributed by atoms with Crippen LogP contribution in [0.15, 0.2) is 443 Å². The van der Waals surface area contributed by atoms with E-state index in [2.05, 4.69) is 87.7 Å². The van der Waals surface area contributed by atoms with E-state index >= 15 is 0 Å². The zero-order valence-corrected chi connectivity index (χ0v) is 64.9. The summed E-state index contributed by atoms with van der Waals surface area (Å²) in [5.41, 5.74) is 20.3. The molecule has 20 rings (SSSR count). The lowest BCUT2D eigenvalue weighted by Gasteiger charge is -2.09. The van der Waals surface area contributed by atoms with Crippen LogP contribution in [0.25, 0.3) is 181 Å². The predicted octanol–water partition coefficient (Wildman–Crippen LogP) is 24.3. The van der Waals surface area contributed by atoms with Crippen LogP contribution in [0.4, 0.5) is 0 Å². The van der Waals surface area contributed by atoms with Gasteiger partial charge >= 0.3 is 0 Å². The van der Waals surface area contributed by atoms with Crippen molar-refractivity contribution in [3.8, 4) is 181 Å². The first-order valence-corrected chi connectivity index (χ1v) is 39.1. The third-order valence-electron chi connectivity index (χ3n) is 19.4. The molecular weight excluding hydrogens is 1470 g/mol. The molecule has 0 aliphatic heterocycles. The molecule has 0 atom stereocenters. The number of pyridine rings is 3. The molecular formula is C105H73N15. The van der Waals surface area contributed by atoms with Crippen molar-refractivity contribution in [3.05, 3.63) is 443 Å². The Morgan fingerprint density at radius 2 is 0.292 bits per heavy atom. The van der Waals surface area contributed by atoms with Gasteiger partial charge in [-0.15, -0.1) is 0 Å². The maximum absolute atomic E-state index is 4.78. The minimum absolute atomic E-state index is 0.648. The summed E-state index contributed by atoms with van der Waals surface area (Å²) >= 11 is 0. The smallest absolute Gasteiger partial charge is 0.164 e. The second kappa shape index (κ2) is 37.5. The Balaban J connectivity index is 0.000000114. The standard InChI is InChI=1S/C27H19N3.3C26H18N4/c1-4-10-20(11-5-1)21-16-18-24(19-17-21)27-29-25(22-12-6-2-7-13-22)28-26(30-27)23-14-8-3-9-15-23;1-3-9-20(10-4-1)24-28-25(21-11-5-2-6-12-21)30-26(29-24)22-16-14-19(15-17-22)23-13-7-8-18-27-23;1-3-8-20(9-4-1)24-28-25(21-10-5-2-6-11-21)30-26(29-24)22-15-13-19(14-16-22)23-12-7-17-27-18-23;1-3-7-21(8-4-1)24-28-25(22-9-5-2-6-10-22)30-26(29-24)23-13-11-19(12-14-23)20-15-17-27-18-16-20/h1-19H;3*1-18H. The van der Waals surface area contributed by atoms with E-state index in [-0.39, 0.29) is 0 Å². The van der Waals surface area contributed by atoms with Gasteiger partial charge in [-0.05, 0) is 63.7 Å². The third-order valence-corrected chi connectivity index (χ3v) is 19.4. The van der Waals surface area contributed by atoms with Crippen LogP contribution in [0.5, 0.6) is 0 Å². The summed E-state index contributed by atoms with van der Waals surface area (Å²) in [6, 6.07) is 137. The van der Waals surface area contributed by atoms with Crippen LogP contribution in [0.1, 0.15) is 0 Å². The van der Waals surface area contributed by atoms with E-state index in [9.17, 15) is 0 Å². The Morgan fingerprint density at radius 3 is 0.517 bits per heavy atom. The monoisotopic (exact) mass is 1540 g/mol. The number of nitrogens with zero attached hydrogens (tertiary/aromatic N) is 15. The second-order valence-electron chi connectivity index (χ2n) is 27.5.